The lowest BCUT2D eigenvalue weighted by Crippen LogP contribution is -2.52. The molecule has 8 heteroatoms. The molecule has 2 heterocycles. The summed E-state index contributed by atoms with van der Waals surface area (Å²) < 4.78 is 33.6. The van der Waals surface area contributed by atoms with Gasteiger partial charge in [-0.3, -0.25) is 0 Å². The van der Waals surface area contributed by atoms with Gasteiger partial charge >= 0.3 is 6.03 Å². The van der Waals surface area contributed by atoms with E-state index in [4.69, 9.17) is 14.2 Å². The van der Waals surface area contributed by atoms with Gasteiger partial charge in [0, 0.05) is 26.3 Å². The van der Waals surface area contributed by atoms with E-state index in [0.717, 1.165) is 24.0 Å². The van der Waals surface area contributed by atoms with E-state index < -0.39 is 23.8 Å². The fourth-order valence-corrected chi connectivity index (χ4v) is 6.46. The summed E-state index contributed by atoms with van der Waals surface area (Å²) in [5.74, 6) is -1.43. The van der Waals surface area contributed by atoms with Gasteiger partial charge in [0.25, 0.3) is 0 Å². The van der Waals surface area contributed by atoms with Crippen LogP contribution in [0.4, 0.5) is 9.18 Å². The summed E-state index contributed by atoms with van der Waals surface area (Å²) >= 11 is 0. The van der Waals surface area contributed by atoms with E-state index >= 15 is 0 Å². The number of benzene rings is 3. The Kier molecular flexibility index (Phi) is 10.9. The Bertz CT molecular complexity index is 1450. The Hall–Kier alpha value is -3.77. The monoisotopic (exact) mass is 613 g/mol. The van der Waals surface area contributed by atoms with Gasteiger partial charge in [-0.25, -0.2) is 9.18 Å². The van der Waals surface area contributed by atoms with Crippen molar-refractivity contribution < 1.29 is 23.4 Å². The summed E-state index contributed by atoms with van der Waals surface area (Å²) in [5, 5.41) is 9.54. The molecular weight excluding hydrogens is 569 g/mol. The van der Waals surface area contributed by atoms with Crippen molar-refractivity contribution in [2.75, 3.05) is 19.8 Å². The molecule has 2 saturated heterocycles. The highest BCUT2D eigenvalue weighted by Crippen LogP contribution is 2.40. The van der Waals surface area contributed by atoms with Crippen molar-refractivity contribution in [2.24, 2.45) is 0 Å². The van der Waals surface area contributed by atoms with E-state index in [1.807, 2.05) is 66.1 Å². The maximum absolute atomic E-state index is 14.9. The molecule has 3 aromatic rings. The molecule has 0 aliphatic carbocycles. The molecule has 3 aromatic carbocycles. The van der Waals surface area contributed by atoms with Gasteiger partial charge in [-0.2, -0.15) is 5.26 Å². The number of halogens is 1. The van der Waals surface area contributed by atoms with Crippen molar-refractivity contribution in [3.05, 3.63) is 107 Å². The van der Waals surface area contributed by atoms with Crippen LogP contribution in [0.25, 0.3) is 0 Å². The second kappa shape index (κ2) is 15.0. The van der Waals surface area contributed by atoms with Crippen molar-refractivity contribution in [1.29, 1.82) is 5.26 Å². The number of hydrogen-bond donors (Lipinski definition) is 0. The molecule has 2 aliphatic rings. The van der Waals surface area contributed by atoms with Crippen LogP contribution in [0.5, 0.6) is 0 Å². The molecule has 5 rings (SSSR count). The Morgan fingerprint density at radius 2 is 1.42 bits per heavy atom. The fourth-order valence-electron chi connectivity index (χ4n) is 6.46. The van der Waals surface area contributed by atoms with E-state index in [9.17, 15) is 14.4 Å². The first-order chi connectivity index (χ1) is 21.8. The number of amides is 2. The number of nitriles is 1. The molecule has 45 heavy (non-hydrogen) atoms. The predicted molar refractivity (Wildman–Crippen MR) is 171 cm³/mol. The maximum atomic E-state index is 14.9. The van der Waals surface area contributed by atoms with E-state index in [1.165, 1.54) is 12.1 Å². The van der Waals surface area contributed by atoms with Crippen LogP contribution in [0.1, 0.15) is 62.3 Å². The van der Waals surface area contributed by atoms with Crippen molar-refractivity contribution in [2.45, 2.75) is 89.5 Å². The molecule has 2 fully saturated rings. The predicted octanol–water partition coefficient (Wildman–Crippen LogP) is 6.88. The van der Waals surface area contributed by atoms with E-state index in [0.29, 0.717) is 44.6 Å². The first kappa shape index (κ1) is 32.6. The number of urea groups is 1. The average molecular weight is 614 g/mol. The first-order valence-electron chi connectivity index (χ1n) is 16.1. The number of nitrogens with zero attached hydrogens (tertiary/aromatic N) is 3. The number of carbonyl (C=O) groups is 1. The number of unbranched alkanes of at least 4 members (excludes halogenated alkanes) is 1. The van der Waals surface area contributed by atoms with Gasteiger partial charge in [0.2, 0.25) is 0 Å². The minimum Gasteiger partial charge on any atom is -0.381 e. The minimum absolute atomic E-state index is 0.0446. The number of fused-ring (bicyclic) bond motifs is 1. The summed E-state index contributed by atoms with van der Waals surface area (Å²) in [5.41, 5.74) is 2.81. The van der Waals surface area contributed by atoms with Gasteiger partial charge < -0.3 is 24.0 Å². The zero-order valence-corrected chi connectivity index (χ0v) is 26.5. The third kappa shape index (κ3) is 8.09. The molecule has 7 nitrogen and oxygen atoms in total. The average Bonchev–Trinajstić information content (AvgIpc) is 3.34. The summed E-state index contributed by atoms with van der Waals surface area (Å²) in [6.45, 7) is 7.92. The molecule has 238 valence electrons. The third-order valence-electron chi connectivity index (χ3n) is 8.62. The topological polar surface area (TPSA) is 75.0 Å². The summed E-state index contributed by atoms with van der Waals surface area (Å²) in [4.78, 5) is 18.7. The van der Waals surface area contributed by atoms with Crippen LogP contribution in [0, 0.1) is 17.1 Å². The van der Waals surface area contributed by atoms with Crippen LogP contribution in [-0.2, 0) is 33.6 Å². The number of carbonyl (C=O) groups excluding carboxylic acids is 1. The summed E-state index contributed by atoms with van der Waals surface area (Å²) in [6.07, 6.45) is 3.06. The molecule has 0 bridgehead atoms. The zero-order chi connectivity index (χ0) is 31.8. The Labute approximate surface area is 266 Å². The van der Waals surface area contributed by atoms with Crippen molar-refractivity contribution in [3.63, 3.8) is 0 Å². The third-order valence-corrected chi connectivity index (χ3v) is 8.62. The Balaban J connectivity index is 1.57. The largest absolute Gasteiger partial charge is 0.381 e. The summed E-state index contributed by atoms with van der Waals surface area (Å²) in [6, 6.07) is 25.9. The highest BCUT2D eigenvalue weighted by Gasteiger charge is 2.55. The first-order valence-corrected chi connectivity index (χ1v) is 16.1. The smallest absolute Gasteiger partial charge is 0.321 e. The normalized spacial score (nSPS) is 22.6. The molecule has 4 atom stereocenters. The van der Waals surface area contributed by atoms with Gasteiger partial charge in [-0.15, -0.1) is 0 Å². The van der Waals surface area contributed by atoms with Gasteiger partial charge in [0.05, 0.1) is 17.6 Å². The molecule has 0 saturated carbocycles. The SMILES string of the molecule is CCCCOCCCN1C(=O)N(Cc2ccc(F)c(C#N)c2)[C@H](Cc2ccccc2)[C@@H]2OC(C)(C)O[C@H]2[C@H]1Cc1ccccc1. The fraction of sp³-hybridized carbons (Fsp3) is 0.459. The van der Waals surface area contributed by atoms with Gasteiger partial charge in [-0.1, -0.05) is 80.1 Å². The van der Waals surface area contributed by atoms with Crippen molar-refractivity contribution in [3.8, 4) is 6.07 Å². The Morgan fingerprint density at radius 1 is 0.844 bits per heavy atom. The van der Waals surface area contributed by atoms with Crippen LogP contribution in [0.3, 0.4) is 0 Å². The highest BCUT2D eigenvalue weighted by atomic mass is 19.1. The van der Waals surface area contributed by atoms with E-state index in [-0.39, 0.29) is 30.2 Å². The molecule has 0 aromatic heterocycles. The van der Waals surface area contributed by atoms with Crippen LogP contribution in [0.2, 0.25) is 0 Å². The van der Waals surface area contributed by atoms with Gasteiger partial charge in [0.1, 0.15) is 24.1 Å². The zero-order valence-electron chi connectivity index (χ0n) is 26.5. The van der Waals surface area contributed by atoms with E-state index in [1.54, 1.807) is 6.07 Å². The number of ether oxygens (including phenoxy) is 3. The molecule has 0 unspecified atom stereocenters. The molecule has 2 aliphatic heterocycles. The van der Waals surface area contributed by atoms with Gasteiger partial charge in [-0.05, 0) is 68.4 Å². The molecule has 2 amide bonds. The van der Waals surface area contributed by atoms with Crippen molar-refractivity contribution in [1.82, 2.24) is 9.80 Å². The van der Waals surface area contributed by atoms with Crippen LogP contribution in [0.15, 0.2) is 78.9 Å². The molecule has 0 spiro atoms. The van der Waals surface area contributed by atoms with Crippen LogP contribution < -0.4 is 0 Å². The lowest BCUT2D eigenvalue weighted by atomic mass is 9.91. The minimum atomic E-state index is -0.857. The summed E-state index contributed by atoms with van der Waals surface area (Å²) in [7, 11) is 0. The highest BCUT2D eigenvalue weighted by molar-refractivity contribution is 5.76. The quantitative estimate of drug-likeness (QED) is 0.197. The lowest BCUT2D eigenvalue weighted by molar-refractivity contribution is -0.157. The van der Waals surface area contributed by atoms with Crippen molar-refractivity contribution >= 4 is 6.03 Å². The second-order valence-electron chi connectivity index (χ2n) is 12.4. The molecule has 0 N–H and O–H groups in total. The number of hydrogen-bond acceptors (Lipinski definition) is 5. The van der Waals surface area contributed by atoms with Crippen LogP contribution >= 0.6 is 0 Å². The Morgan fingerprint density at radius 3 is 2.00 bits per heavy atom. The lowest BCUT2D eigenvalue weighted by Gasteiger charge is -2.37. The van der Waals surface area contributed by atoms with Gasteiger partial charge in [0.15, 0.2) is 5.79 Å². The maximum Gasteiger partial charge on any atom is 0.321 e. The second-order valence-corrected chi connectivity index (χ2v) is 12.4. The van der Waals surface area contributed by atoms with Crippen LogP contribution in [-0.4, -0.2) is 65.7 Å². The molecule has 0 radical (unpaired) electrons. The standard InChI is InChI=1S/C37H44FN3O4/c1-4-5-20-43-21-12-19-40-32(23-27-13-8-6-9-14-27)34-35(45-37(2,3)44-34)33(24-28-15-10-7-11-16-28)41(36(40)42)26-29-17-18-31(38)30(22-29)25-39/h6-11,13-18,22,32-35H,4-5,12,19-21,23-24,26H2,1-3H3/t32-,33-,34+,35+/m1/s1. The number of rotatable bonds is 13. The molecular formula is C37H44FN3O4. The van der Waals surface area contributed by atoms with E-state index in [2.05, 4.69) is 31.2 Å².